The number of carbonyl (C=O) groups excluding carboxylic acids is 2. The predicted molar refractivity (Wildman–Crippen MR) is 42.6 cm³/mol. The van der Waals surface area contributed by atoms with E-state index in [4.69, 9.17) is 4.74 Å². The van der Waals surface area contributed by atoms with Gasteiger partial charge in [-0.1, -0.05) is 0 Å². The number of rotatable bonds is 2. The van der Waals surface area contributed by atoms with Crippen LogP contribution in [0, 0.1) is 5.92 Å². The average molecular weight is 171 g/mol. The molecule has 0 spiro atoms. The first-order valence-corrected chi connectivity index (χ1v) is 4.15. The Kier molecular flexibility index (Phi) is 3.22. The molecule has 1 saturated heterocycles. The van der Waals surface area contributed by atoms with Crippen LogP contribution in [0.15, 0.2) is 0 Å². The van der Waals surface area contributed by atoms with E-state index in [0.717, 1.165) is 6.54 Å². The van der Waals surface area contributed by atoms with E-state index in [0.29, 0.717) is 19.6 Å². The molecule has 0 unspecified atom stereocenters. The van der Waals surface area contributed by atoms with Crippen molar-refractivity contribution in [3.63, 3.8) is 0 Å². The summed E-state index contributed by atoms with van der Waals surface area (Å²) in [5.74, 6) is -0.949. The SMILES string of the molecule is CCOC(=O)[C@@H]1CCNCC1=O. The predicted octanol–water partition coefficient (Wildman–Crippen LogP) is -0.272. The first kappa shape index (κ1) is 9.19. The third-order valence-corrected chi connectivity index (χ3v) is 1.87. The lowest BCUT2D eigenvalue weighted by atomic mass is 9.97. The Morgan fingerprint density at radius 1 is 1.75 bits per heavy atom. The normalized spacial score (nSPS) is 23.8. The monoisotopic (exact) mass is 171 g/mol. The Hall–Kier alpha value is -0.900. The van der Waals surface area contributed by atoms with Gasteiger partial charge in [0, 0.05) is 0 Å². The van der Waals surface area contributed by atoms with Gasteiger partial charge in [0.2, 0.25) is 0 Å². The highest BCUT2D eigenvalue weighted by atomic mass is 16.5. The second kappa shape index (κ2) is 4.21. The highest BCUT2D eigenvalue weighted by Gasteiger charge is 2.29. The molecule has 0 aromatic rings. The smallest absolute Gasteiger partial charge is 0.316 e. The molecule has 1 aliphatic rings. The summed E-state index contributed by atoms with van der Waals surface area (Å²) in [7, 11) is 0. The minimum atomic E-state index is -0.522. The van der Waals surface area contributed by atoms with Gasteiger partial charge in [0.1, 0.15) is 5.92 Å². The number of ketones is 1. The van der Waals surface area contributed by atoms with E-state index in [2.05, 4.69) is 5.32 Å². The van der Waals surface area contributed by atoms with Crippen LogP contribution < -0.4 is 5.32 Å². The van der Waals surface area contributed by atoms with E-state index in [1.807, 2.05) is 0 Å². The summed E-state index contributed by atoms with van der Waals surface area (Å²) in [5.41, 5.74) is 0. The van der Waals surface area contributed by atoms with Crippen molar-refractivity contribution in [3.8, 4) is 0 Å². The van der Waals surface area contributed by atoms with Crippen molar-refractivity contribution < 1.29 is 14.3 Å². The van der Waals surface area contributed by atoms with Gasteiger partial charge in [-0.25, -0.2) is 0 Å². The highest BCUT2D eigenvalue weighted by molar-refractivity contribution is 6.00. The van der Waals surface area contributed by atoms with Crippen molar-refractivity contribution in [1.82, 2.24) is 5.32 Å². The summed E-state index contributed by atoms with van der Waals surface area (Å²) in [5, 5.41) is 2.90. The maximum absolute atomic E-state index is 11.1. The van der Waals surface area contributed by atoms with Crippen molar-refractivity contribution >= 4 is 11.8 Å². The zero-order chi connectivity index (χ0) is 8.97. The van der Waals surface area contributed by atoms with Crippen LogP contribution in [0.5, 0.6) is 0 Å². The van der Waals surface area contributed by atoms with Crippen molar-refractivity contribution in [1.29, 1.82) is 0 Å². The van der Waals surface area contributed by atoms with Gasteiger partial charge in [-0.3, -0.25) is 9.59 Å². The lowest BCUT2D eigenvalue weighted by molar-refractivity contribution is -0.152. The van der Waals surface area contributed by atoms with Crippen LogP contribution >= 0.6 is 0 Å². The zero-order valence-electron chi connectivity index (χ0n) is 7.13. The lowest BCUT2D eigenvalue weighted by Gasteiger charge is -2.19. The van der Waals surface area contributed by atoms with Crippen molar-refractivity contribution in [3.05, 3.63) is 0 Å². The van der Waals surface area contributed by atoms with Gasteiger partial charge in [-0.05, 0) is 19.9 Å². The Morgan fingerprint density at radius 2 is 2.50 bits per heavy atom. The van der Waals surface area contributed by atoms with Crippen LogP contribution in [0.25, 0.3) is 0 Å². The molecule has 4 nitrogen and oxygen atoms in total. The van der Waals surface area contributed by atoms with Gasteiger partial charge in [0.05, 0.1) is 13.2 Å². The standard InChI is InChI=1S/C8H13NO3/c1-2-12-8(11)6-3-4-9-5-7(6)10/h6,9H,2-5H2,1H3/t6-/m1/s1. The summed E-state index contributed by atoms with van der Waals surface area (Å²) < 4.78 is 4.76. The molecule has 0 aromatic carbocycles. The maximum atomic E-state index is 11.1. The zero-order valence-corrected chi connectivity index (χ0v) is 7.13. The molecule has 1 N–H and O–H groups in total. The molecule has 1 fully saturated rings. The number of nitrogens with one attached hydrogen (secondary N) is 1. The molecule has 0 bridgehead atoms. The number of piperidine rings is 1. The van der Waals surface area contributed by atoms with E-state index < -0.39 is 5.92 Å². The minimum absolute atomic E-state index is 0.0558. The molecule has 12 heavy (non-hydrogen) atoms. The maximum Gasteiger partial charge on any atom is 0.316 e. The molecule has 1 atom stereocenters. The van der Waals surface area contributed by atoms with Gasteiger partial charge in [0.15, 0.2) is 5.78 Å². The third kappa shape index (κ3) is 2.04. The van der Waals surface area contributed by atoms with Crippen molar-refractivity contribution in [2.75, 3.05) is 19.7 Å². The van der Waals surface area contributed by atoms with E-state index in [-0.39, 0.29) is 11.8 Å². The molecular weight excluding hydrogens is 158 g/mol. The molecule has 1 aliphatic heterocycles. The van der Waals surface area contributed by atoms with Crippen molar-refractivity contribution in [2.24, 2.45) is 5.92 Å². The highest BCUT2D eigenvalue weighted by Crippen LogP contribution is 2.09. The van der Waals surface area contributed by atoms with Crippen LogP contribution in [0.2, 0.25) is 0 Å². The molecule has 0 aromatic heterocycles. The summed E-state index contributed by atoms with van der Waals surface area (Å²) in [6, 6.07) is 0. The molecule has 4 heteroatoms. The van der Waals surface area contributed by atoms with E-state index in [1.54, 1.807) is 6.92 Å². The molecule has 1 heterocycles. The molecular formula is C8H13NO3. The number of esters is 1. The summed E-state index contributed by atoms with van der Waals surface area (Å²) >= 11 is 0. The van der Waals surface area contributed by atoms with E-state index in [1.165, 1.54) is 0 Å². The first-order chi connectivity index (χ1) is 5.75. The first-order valence-electron chi connectivity index (χ1n) is 4.15. The average Bonchev–Trinajstić information content (AvgIpc) is 2.05. The van der Waals surface area contributed by atoms with Crippen LogP contribution in [0.1, 0.15) is 13.3 Å². The number of Topliss-reactive ketones (excluding diaryl/α,β-unsaturated/α-hetero) is 1. The molecule has 0 amide bonds. The molecule has 0 radical (unpaired) electrons. The third-order valence-electron chi connectivity index (χ3n) is 1.87. The van der Waals surface area contributed by atoms with Crippen LogP contribution in [0.3, 0.4) is 0 Å². The topological polar surface area (TPSA) is 55.4 Å². The second-order valence-electron chi connectivity index (χ2n) is 2.74. The van der Waals surface area contributed by atoms with Crippen LogP contribution in [0.4, 0.5) is 0 Å². The van der Waals surface area contributed by atoms with Crippen molar-refractivity contribution in [2.45, 2.75) is 13.3 Å². The van der Waals surface area contributed by atoms with Gasteiger partial charge < -0.3 is 10.1 Å². The lowest BCUT2D eigenvalue weighted by Crippen LogP contribution is -2.41. The number of ether oxygens (including phenoxy) is 1. The second-order valence-corrected chi connectivity index (χ2v) is 2.74. The number of hydrogen-bond acceptors (Lipinski definition) is 4. The van der Waals surface area contributed by atoms with Crippen LogP contribution in [-0.4, -0.2) is 31.4 Å². The number of carbonyl (C=O) groups is 2. The van der Waals surface area contributed by atoms with E-state index in [9.17, 15) is 9.59 Å². The summed E-state index contributed by atoms with van der Waals surface area (Å²) in [6.07, 6.45) is 0.567. The fourth-order valence-corrected chi connectivity index (χ4v) is 1.23. The van der Waals surface area contributed by atoms with Gasteiger partial charge in [-0.15, -0.1) is 0 Å². The summed E-state index contributed by atoms with van der Waals surface area (Å²) in [6.45, 7) is 3.10. The number of hydrogen-bond donors (Lipinski definition) is 1. The Balaban J connectivity index is 2.48. The van der Waals surface area contributed by atoms with Gasteiger partial charge in [-0.2, -0.15) is 0 Å². The van der Waals surface area contributed by atoms with Crippen LogP contribution in [-0.2, 0) is 14.3 Å². The molecule has 1 rings (SSSR count). The molecule has 0 aliphatic carbocycles. The quantitative estimate of drug-likeness (QED) is 0.459. The largest absolute Gasteiger partial charge is 0.465 e. The van der Waals surface area contributed by atoms with Gasteiger partial charge in [0.25, 0.3) is 0 Å². The Morgan fingerprint density at radius 3 is 3.08 bits per heavy atom. The Labute approximate surface area is 71.3 Å². The van der Waals surface area contributed by atoms with E-state index >= 15 is 0 Å². The summed E-state index contributed by atoms with van der Waals surface area (Å²) in [4.78, 5) is 22.3. The Bertz CT molecular complexity index is 191. The minimum Gasteiger partial charge on any atom is -0.465 e. The molecule has 68 valence electrons. The van der Waals surface area contributed by atoms with Gasteiger partial charge >= 0.3 is 5.97 Å². The fourth-order valence-electron chi connectivity index (χ4n) is 1.23. The fraction of sp³-hybridized carbons (Fsp3) is 0.750. The molecule has 0 saturated carbocycles.